The van der Waals surface area contributed by atoms with Crippen molar-refractivity contribution in [2.75, 3.05) is 13.1 Å². The number of thiazole rings is 1. The van der Waals surface area contributed by atoms with E-state index in [0.29, 0.717) is 19.9 Å². The van der Waals surface area contributed by atoms with Gasteiger partial charge in [0.05, 0.1) is 10.9 Å². The van der Waals surface area contributed by atoms with Crippen molar-refractivity contribution in [2.24, 2.45) is 0 Å². The lowest BCUT2D eigenvalue weighted by Gasteiger charge is -2.13. The number of likely N-dealkylation sites (tertiary alicyclic amines) is 1. The molecule has 3 aromatic rings. The van der Waals surface area contributed by atoms with Gasteiger partial charge in [0, 0.05) is 13.1 Å². The van der Waals surface area contributed by atoms with Crippen molar-refractivity contribution in [3.05, 3.63) is 42.9 Å². The number of aromatic amines is 1. The van der Waals surface area contributed by atoms with Crippen LogP contribution in [0.3, 0.4) is 0 Å². The topological polar surface area (TPSA) is 57.6 Å². The molecule has 1 amide bonds. The van der Waals surface area contributed by atoms with Crippen molar-refractivity contribution in [1.29, 1.82) is 0 Å². The van der Waals surface area contributed by atoms with E-state index in [0.717, 1.165) is 37.0 Å². The molecule has 4 rings (SSSR count). The Kier molecular flexibility index (Phi) is 3.35. The third-order valence-corrected chi connectivity index (χ3v) is 5.63. The average molecular weight is 345 g/mol. The summed E-state index contributed by atoms with van der Waals surface area (Å²) in [6, 6.07) is 5.68. The lowest BCUT2D eigenvalue weighted by Crippen LogP contribution is -2.27. The first-order chi connectivity index (χ1) is 11.1. The fourth-order valence-corrected chi connectivity index (χ4v) is 4.47. The number of nitrogens with one attached hydrogen (secondary N) is 1. The van der Waals surface area contributed by atoms with Crippen molar-refractivity contribution in [3.63, 3.8) is 0 Å². The van der Waals surface area contributed by atoms with Gasteiger partial charge in [-0.2, -0.15) is 0 Å². The highest BCUT2D eigenvalue weighted by Gasteiger charge is 2.24. The first kappa shape index (κ1) is 14.6. The Morgan fingerprint density at radius 1 is 1.30 bits per heavy atom. The molecule has 0 saturated carbocycles. The van der Waals surface area contributed by atoms with E-state index in [1.165, 1.54) is 11.3 Å². The van der Waals surface area contributed by atoms with Crippen molar-refractivity contribution in [1.82, 2.24) is 14.3 Å². The molecule has 1 aliphatic rings. The van der Waals surface area contributed by atoms with Gasteiger partial charge in [-0.05, 0) is 44.1 Å². The predicted octanol–water partition coefficient (Wildman–Crippen LogP) is 3.12. The van der Waals surface area contributed by atoms with Crippen LogP contribution in [0.25, 0.3) is 16.6 Å². The maximum atomic E-state index is 12.7. The van der Waals surface area contributed by atoms with E-state index in [2.05, 4.69) is 4.98 Å². The molecule has 0 unspecified atom stereocenters. The van der Waals surface area contributed by atoms with E-state index in [-0.39, 0.29) is 11.5 Å². The van der Waals surface area contributed by atoms with Crippen LogP contribution in [0.4, 0.5) is 0 Å². The molecule has 1 aromatic carbocycles. The normalized spacial score (nSPS) is 14.9. The molecule has 0 atom stereocenters. The van der Waals surface area contributed by atoms with Gasteiger partial charge in [0.15, 0.2) is 3.95 Å². The van der Waals surface area contributed by atoms with E-state index in [9.17, 15) is 9.59 Å². The fraction of sp³-hybridized carbons (Fsp3) is 0.312. The number of aromatic nitrogens is 2. The molecule has 0 radical (unpaired) electrons. The number of amides is 1. The summed E-state index contributed by atoms with van der Waals surface area (Å²) in [6.07, 6.45) is 2.06. The Hall–Kier alpha value is -1.99. The summed E-state index contributed by atoms with van der Waals surface area (Å²) in [6.45, 7) is 3.48. The number of fused-ring (bicyclic) bond motifs is 3. The van der Waals surface area contributed by atoms with Crippen LogP contribution in [-0.4, -0.2) is 33.3 Å². The minimum Gasteiger partial charge on any atom is -0.338 e. The van der Waals surface area contributed by atoms with E-state index >= 15 is 0 Å². The Morgan fingerprint density at radius 3 is 2.78 bits per heavy atom. The van der Waals surface area contributed by atoms with Crippen LogP contribution < -0.4 is 5.56 Å². The molecule has 1 saturated heterocycles. The zero-order valence-electron chi connectivity index (χ0n) is 12.6. The van der Waals surface area contributed by atoms with Crippen LogP contribution in [-0.2, 0) is 0 Å². The highest BCUT2D eigenvalue weighted by atomic mass is 32.1. The molecule has 0 aliphatic carbocycles. The second-order valence-corrected chi connectivity index (χ2v) is 7.50. The molecule has 1 aliphatic heterocycles. The standard InChI is InChI=1S/C16H15N3O2S2/c1-9-4-5-11-10(8-9)14(20)17-13-12(23-16(22)19(11)13)15(21)18-6-2-3-7-18/h4-5,8H,2-3,6-7H2,1H3,(H,17,20). The third kappa shape index (κ3) is 2.22. The number of hydrogen-bond donors (Lipinski definition) is 1. The molecule has 1 fully saturated rings. The second-order valence-electron chi connectivity index (χ2n) is 5.86. The van der Waals surface area contributed by atoms with E-state index < -0.39 is 0 Å². The number of nitrogens with zero attached hydrogens (tertiary/aromatic N) is 2. The summed E-state index contributed by atoms with van der Waals surface area (Å²) >= 11 is 6.73. The van der Waals surface area contributed by atoms with Crippen molar-refractivity contribution < 1.29 is 4.79 Å². The summed E-state index contributed by atoms with van der Waals surface area (Å²) in [5, 5.41) is 0.589. The molecule has 7 heteroatoms. The fourth-order valence-electron chi connectivity index (χ4n) is 3.12. The first-order valence-corrected chi connectivity index (χ1v) is 8.76. The van der Waals surface area contributed by atoms with Crippen molar-refractivity contribution >= 4 is 46.0 Å². The number of rotatable bonds is 1. The summed E-state index contributed by atoms with van der Waals surface area (Å²) in [7, 11) is 0. The van der Waals surface area contributed by atoms with Gasteiger partial charge < -0.3 is 9.88 Å². The maximum Gasteiger partial charge on any atom is 0.267 e. The number of carbonyl (C=O) groups is 1. The zero-order chi connectivity index (χ0) is 16.1. The van der Waals surface area contributed by atoms with Crippen LogP contribution in [0.2, 0.25) is 0 Å². The molecule has 1 N–H and O–H groups in total. The smallest absolute Gasteiger partial charge is 0.267 e. The maximum absolute atomic E-state index is 12.7. The van der Waals surface area contributed by atoms with Gasteiger partial charge >= 0.3 is 0 Å². The Labute approximate surface area is 141 Å². The molecule has 0 bridgehead atoms. The van der Waals surface area contributed by atoms with Gasteiger partial charge in [0.25, 0.3) is 11.5 Å². The minimum atomic E-state index is -0.188. The number of aryl methyl sites for hydroxylation is 1. The Bertz CT molecular complexity index is 1050. The zero-order valence-corrected chi connectivity index (χ0v) is 14.2. The Balaban J connectivity index is 2.04. The van der Waals surface area contributed by atoms with Crippen molar-refractivity contribution in [3.8, 4) is 0 Å². The SMILES string of the molecule is Cc1ccc2c(c1)c(=O)[nH]c1c(C(=O)N3CCCC3)sc(=S)n12. The summed E-state index contributed by atoms with van der Waals surface area (Å²) in [5.41, 5.74) is 2.08. The third-order valence-electron chi connectivity index (χ3n) is 4.27. The van der Waals surface area contributed by atoms with Crippen LogP contribution in [0, 0.1) is 10.9 Å². The molecule has 118 valence electrons. The highest BCUT2D eigenvalue weighted by molar-refractivity contribution is 7.73. The monoisotopic (exact) mass is 345 g/mol. The van der Waals surface area contributed by atoms with Gasteiger partial charge in [-0.25, -0.2) is 0 Å². The Morgan fingerprint density at radius 2 is 2.04 bits per heavy atom. The predicted molar refractivity (Wildman–Crippen MR) is 94.1 cm³/mol. The van der Waals surface area contributed by atoms with Gasteiger partial charge in [-0.3, -0.25) is 14.0 Å². The minimum absolute atomic E-state index is 0.0387. The van der Waals surface area contributed by atoms with Gasteiger partial charge in [-0.1, -0.05) is 23.0 Å². The summed E-state index contributed by atoms with van der Waals surface area (Å²) in [4.78, 5) is 30.4. The van der Waals surface area contributed by atoms with Crippen molar-refractivity contribution in [2.45, 2.75) is 19.8 Å². The second kappa shape index (κ2) is 5.28. The van der Waals surface area contributed by atoms with E-state index in [1.807, 2.05) is 30.0 Å². The molecular formula is C16H15N3O2S2. The van der Waals surface area contributed by atoms with Crippen LogP contribution >= 0.6 is 23.6 Å². The van der Waals surface area contributed by atoms with E-state index in [4.69, 9.17) is 12.2 Å². The number of H-pyrrole nitrogens is 1. The molecule has 0 spiro atoms. The summed E-state index contributed by atoms with van der Waals surface area (Å²) in [5.74, 6) is -0.0387. The first-order valence-electron chi connectivity index (χ1n) is 7.54. The van der Waals surface area contributed by atoms with Crippen LogP contribution in [0.5, 0.6) is 0 Å². The van der Waals surface area contributed by atoms with Gasteiger partial charge in [0.2, 0.25) is 0 Å². The van der Waals surface area contributed by atoms with Gasteiger partial charge in [-0.15, -0.1) is 0 Å². The van der Waals surface area contributed by atoms with Crippen LogP contribution in [0.15, 0.2) is 23.0 Å². The van der Waals surface area contributed by atoms with Gasteiger partial charge in [0.1, 0.15) is 10.5 Å². The molecular weight excluding hydrogens is 330 g/mol. The molecule has 23 heavy (non-hydrogen) atoms. The largest absolute Gasteiger partial charge is 0.338 e. The molecule has 2 aromatic heterocycles. The molecule has 3 heterocycles. The summed E-state index contributed by atoms with van der Waals surface area (Å²) < 4.78 is 2.38. The molecule has 5 nitrogen and oxygen atoms in total. The lowest BCUT2D eigenvalue weighted by atomic mass is 10.1. The number of carbonyl (C=O) groups excluding carboxylic acids is 1. The number of benzene rings is 1. The number of hydrogen-bond acceptors (Lipinski definition) is 4. The van der Waals surface area contributed by atoms with Crippen LogP contribution in [0.1, 0.15) is 28.1 Å². The average Bonchev–Trinajstić information content (AvgIpc) is 3.16. The quantitative estimate of drug-likeness (QED) is 0.690. The lowest BCUT2D eigenvalue weighted by molar-refractivity contribution is 0.0799. The highest BCUT2D eigenvalue weighted by Crippen LogP contribution is 2.25. The van der Waals surface area contributed by atoms with E-state index in [1.54, 1.807) is 4.40 Å².